The van der Waals surface area contributed by atoms with E-state index in [4.69, 9.17) is 9.72 Å². The topological polar surface area (TPSA) is 66.2 Å². The smallest absolute Gasteiger partial charge is 0.340 e. The van der Waals surface area contributed by atoms with E-state index in [0.29, 0.717) is 37.0 Å². The molecule has 0 radical (unpaired) electrons. The Morgan fingerprint density at radius 3 is 2.59 bits per heavy atom. The Kier molecular flexibility index (Phi) is 5.55. The van der Waals surface area contributed by atoms with Gasteiger partial charge in [0.1, 0.15) is 0 Å². The predicted molar refractivity (Wildman–Crippen MR) is 112 cm³/mol. The van der Waals surface area contributed by atoms with E-state index in [-0.39, 0.29) is 5.97 Å². The summed E-state index contributed by atoms with van der Waals surface area (Å²) in [4.78, 5) is 20.0. The van der Waals surface area contributed by atoms with Crippen LogP contribution in [-0.4, -0.2) is 35.0 Å². The van der Waals surface area contributed by atoms with E-state index >= 15 is 0 Å². The first-order chi connectivity index (χ1) is 14.2. The summed E-state index contributed by atoms with van der Waals surface area (Å²) >= 11 is 0. The summed E-state index contributed by atoms with van der Waals surface area (Å²) in [6, 6.07) is 20.4. The van der Waals surface area contributed by atoms with Crippen molar-refractivity contribution in [3.63, 3.8) is 0 Å². The Balaban J connectivity index is 1.95. The maximum absolute atomic E-state index is 13.1. The average molecular weight is 385 g/mol. The van der Waals surface area contributed by atoms with Crippen molar-refractivity contribution in [2.45, 2.75) is 32.4 Å². The number of carbonyl (C=O) groups excluding carboxylic acids is 1. The van der Waals surface area contributed by atoms with Gasteiger partial charge in [-0.3, -0.25) is 9.88 Å². The Hall–Kier alpha value is -3.23. The molecule has 1 heterocycles. The van der Waals surface area contributed by atoms with Gasteiger partial charge in [-0.1, -0.05) is 48.5 Å². The van der Waals surface area contributed by atoms with E-state index in [1.165, 1.54) is 0 Å². The lowest BCUT2D eigenvalue weighted by molar-refractivity contribution is 0.0524. The van der Waals surface area contributed by atoms with E-state index in [0.717, 1.165) is 34.9 Å². The number of para-hydroxylation sites is 1. The molecule has 29 heavy (non-hydrogen) atoms. The molecule has 5 heteroatoms. The average Bonchev–Trinajstić information content (AvgIpc) is 3.58. The predicted octanol–water partition coefficient (Wildman–Crippen LogP) is 4.57. The lowest BCUT2D eigenvalue weighted by Crippen LogP contribution is -2.28. The minimum Gasteiger partial charge on any atom is -0.462 e. The Morgan fingerprint density at radius 1 is 1.17 bits per heavy atom. The monoisotopic (exact) mass is 385 g/mol. The van der Waals surface area contributed by atoms with Crippen molar-refractivity contribution in [2.75, 3.05) is 13.2 Å². The van der Waals surface area contributed by atoms with E-state index in [1.807, 2.05) is 54.6 Å². The summed E-state index contributed by atoms with van der Waals surface area (Å²) in [5.74, 6) is -0.368. The summed E-state index contributed by atoms with van der Waals surface area (Å²) in [5, 5.41) is 10.2. The molecule has 1 saturated carbocycles. The number of nitriles is 1. The molecule has 0 N–H and O–H groups in total. The zero-order valence-electron chi connectivity index (χ0n) is 16.5. The van der Waals surface area contributed by atoms with Gasteiger partial charge in [-0.25, -0.2) is 4.79 Å². The van der Waals surface area contributed by atoms with Gasteiger partial charge in [0.15, 0.2) is 0 Å². The van der Waals surface area contributed by atoms with Crippen LogP contribution in [0.25, 0.3) is 22.0 Å². The van der Waals surface area contributed by atoms with Gasteiger partial charge in [-0.05, 0) is 31.4 Å². The zero-order chi connectivity index (χ0) is 20.2. The maximum atomic E-state index is 13.1. The third-order valence-electron chi connectivity index (χ3n) is 5.20. The minimum atomic E-state index is -0.368. The fraction of sp³-hybridized carbons (Fsp3) is 0.292. The molecular weight excluding hydrogens is 362 g/mol. The van der Waals surface area contributed by atoms with Crippen molar-refractivity contribution in [3.05, 3.63) is 65.9 Å². The molecule has 0 atom stereocenters. The second kappa shape index (κ2) is 8.42. The van der Waals surface area contributed by atoms with E-state index < -0.39 is 0 Å². The van der Waals surface area contributed by atoms with Gasteiger partial charge in [-0.2, -0.15) is 5.26 Å². The van der Waals surface area contributed by atoms with Crippen LogP contribution >= 0.6 is 0 Å². The van der Waals surface area contributed by atoms with Crippen molar-refractivity contribution in [1.82, 2.24) is 9.88 Å². The molecule has 1 aliphatic rings. The highest BCUT2D eigenvalue weighted by Gasteiger charge is 2.31. The van der Waals surface area contributed by atoms with Crippen LogP contribution in [0.1, 0.15) is 35.8 Å². The molecule has 1 fully saturated rings. The number of ether oxygens (including phenoxy) is 1. The molecule has 0 saturated heterocycles. The highest BCUT2D eigenvalue weighted by Crippen LogP contribution is 2.35. The Morgan fingerprint density at radius 2 is 1.90 bits per heavy atom. The van der Waals surface area contributed by atoms with Crippen molar-refractivity contribution in [3.8, 4) is 17.2 Å². The first kappa shape index (κ1) is 19.1. The summed E-state index contributed by atoms with van der Waals surface area (Å²) in [6.07, 6.45) is 2.16. The van der Waals surface area contributed by atoms with Crippen molar-refractivity contribution >= 4 is 16.9 Å². The van der Waals surface area contributed by atoms with Crippen LogP contribution in [0, 0.1) is 11.3 Å². The molecule has 146 valence electrons. The summed E-state index contributed by atoms with van der Waals surface area (Å²) in [5.41, 5.74) is 3.80. The van der Waals surface area contributed by atoms with Crippen LogP contribution in [0.4, 0.5) is 0 Å². The number of rotatable bonds is 7. The number of pyridine rings is 1. The summed E-state index contributed by atoms with van der Waals surface area (Å²) in [7, 11) is 0. The molecule has 1 aliphatic carbocycles. The number of aromatic nitrogens is 1. The SMILES string of the molecule is CCOC(=O)c1c(CN(CC#N)C2CC2)nc2ccccc2c1-c1ccccc1. The molecule has 5 nitrogen and oxygen atoms in total. The highest BCUT2D eigenvalue weighted by atomic mass is 16.5. The van der Waals surface area contributed by atoms with Crippen molar-refractivity contribution < 1.29 is 9.53 Å². The fourth-order valence-electron chi connectivity index (χ4n) is 3.74. The van der Waals surface area contributed by atoms with Crippen LogP contribution in [0.3, 0.4) is 0 Å². The van der Waals surface area contributed by atoms with Crippen LogP contribution in [-0.2, 0) is 11.3 Å². The Bertz CT molecular complexity index is 1070. The van der Waals surface area contributed by atoms with Gasteiger partial charge < -0.3 is 4.74 Å². The van der Waals surface area contributed by atoms with Crippen molar-refractivity contribution in [2.24, 2.45) is 0 Å². The van der Waals surface area contributed by atoms with Gasteiger partial charge in [0.2, 0.25) is 0 Å². The second-order valence-electron chi connectivity index (χ2n) is 7.21. The molecule has 1 aromatic heterocycles. The number of fused-ring (bicyclic) bond motifs is 1. The molecule has 0 bridgehead atoms. The number of carbonyl (C=O) groups is 1. The standard InChI is InChI=1S/C24H23N3O2/c1-2-29-24(28)23-21(16-27(15-14-25)18-12-13-18)26-20-11-7-6-10-19(20)22(23)17-8-4-3-5-9-17/h3-11,18H,2,12-13,15-16H2,1H3. The van der Waals surface area contributed by atoms with Gasteiger partial charge in [0, 0.05) is 23.5 Å². The first-order valence-electron chi connectivity index (χ1n) is 9.98. The lowest BCUT2D eigenvalue weighted by atomic mass is 9.94. The summed E-state index contributed by atoms with van der Waals surface area (Å²) < 4.78 is 5.43. The van der Waals surface area contributed by atoms with Crippen LogP contribution in [0.5, 0.6) is 0 Å². The molecule has 2 aromatic carbocycles. The normalized spacial score (nSPS) is 13.4. The van der Waals surface area contributed by atoms with E-state index in [1.54, 1.807) is 6.92 Å². The zero-order valence-corrected chi connectivity index (χ0v) is 16.5. The molecule has 0 unspecified atom stereocenters. The number of hydrogen-bond donors (Lipinski definition) is 0. The van der Waals surface area contributed by atoms with Gasteiger partial charge in [0.05, 0.1) is 36.0 Å². The molecule has 0 amide bonds. The van der Waals surface area contributed by atoms with E-state index in [2.05, 4.69) is 11.0 Å². The maximum Gasteiger partial charge on any atom is 0.340 e. The van der Waals surface area contributed by atoms with Crippen LogP contribution in [0.15, 0.2) is 54.6 Å². The number of esters is 1. The molecule has 3 aromatic rings. The first-order valence-corrected chi connectivity index (χ1v) is 9.98. The highest BCUT2D eigenvalue weighted by molar-refractivity contribution is 6.07. The molecule has 0 aliphatic heterocycles. The minimum absolute atomic E-state index is 0.296. The van der Waals surface area contributed by atoms with Crippen LogP contribution in [0.2, 0.25) is 0 Å². The van der Waals surface area contributed by atoms with Gasteiger partial charge in [0.25, 0.3) is 0 Å². The number of nitrogens with zero attached hydrogens (tertiary/aromatic N) is 3. The summed E-state index contributed by atoms with van der Waals surface area (Å²) in [6.45, 7) is 2.88. The number of hydrogen-bond acceptors (Lipinski definition) is 5. The third-order valence-corrected chi connectivity index (χ3v) is 5.20. The lowest BCUT2D eigenvalue weighted by Gasteiger charge is -2.22. The quantitative estimate of drug-likeness (QED) is 0.440. The van der Waals surface area contributed by atoms with Gasteiger partial charge >= 0.3 is 5.97 Å². The van der Waals surface area contributed by atoms with Crippen LogP contribution < -0.4 is 0 Å². The fourth-order valence-corrected chi connectivity index (χ4v) is 3.74. The van der Waals surface area contributed by atoms with E-state index in [9.17, 15) is 10.1 Å². The van der Waals surface area contributed by atoms with Gasteiger partial charge in [-0.15, -0.1) is 0 Å². The largest absolute Gasteiger partial charge is 0.462 e. The van der Waals surface area contributed by atoms with Crippen molar-refractivity contribution in [1.29, 1.82) is 5.26 Å². The molecule has 4 rings (SSSR count). The third kappa shape index (κ3) is 3.98. The Labute approximate surface area is 170 Å². The second-order valence-corrected chi connectivity index (χ2v) is 7.21. The molecule has 0 spiro atoms. The number of benzene rings is 2. The molecular formula is C24H23N3O2.